The van der Waals surface area contributed by atoms with Crippen molar-refractivity contribution in [3.8, 4) is 0 Å². The number of nitrogens with zero attached hydrogens (tertiary/aromatic N) is 4. The number of hydrogen-bond donors (Lipinski definition) is 1. The van der Waals surface area contributed by atoms with Gasteiger partial charge < -0.3 is 4.90 Å². The van der Waals surface area contributed by atoms with E-state index >= 15 is 0 Å². The lowest BCUT2D eigenvalue weighted by molar-refractivity contribution is 0.0955. The zero-order valence-corrected chi connectivity index (χ0v) is 16.8. The standard InChI is InChI=1S/C24H25N5O/c30-24(27-26-18-22-6-4-5-13-25-22)21-11-9-20(10-12-21)19-28-14-16-29(17-15-28)23-7-2-1-3-8-23/h1-13,18H,14-17,19H2,(H,27,30)/b26-18-. The highest BCUT2D eigenvalue weighted by Crippen LogP contribution is 2.17. The summed E-state index contributed by atoms with van der Waals surface area (Å²) in [4.78, 5) is 21.3. The number of anilines is 1. The Bertz CT molecular complexity index is 965. The normalized spacial score (nSPS) is 14.7. The molecule has 30 heavy (non-hydrogen) atoms. The first-order valence-electron chi connectivity index (χ1n) is 10.1. The molecule has 2 aromatic carbocycles. The second-order valence-electron chi connectivity index (χ2n) is 7.25. The van der Waals surface area contributed by atoms with Gasteiger partial charge in [-0.1, -0.05) is 36.4 Å². The zero-order chi connectivity index (χ0) is 20.6. The molecule has 1 amide bonds. The highest BCUT2D eigenvalue weighted by atomic mass is 16.2. The third kappa shape index (κ3) is 5.30. The largest absolute Gasteiger partial charge is 0.369 e. The van der Waals surface area contributed by atoms with Crippen LogP contribution in [0.4, 0.5) is 5.69 Å². The van der Waals surface area contributed by atoms with Gasteiger partial charge in [0.25, 0.3) is 5.91 Å². The minimum Gasteiger partial charge on any atom is -0.369 e. The van der Waals surface area contributed by atoms with Gasteiger partial charge in [0, 0.05) is 50.2 Å². The summed E-state index contributed by atoms with van der Waals surface area (Å²) < 4.78 is 0. The number of carbonyl (C=O) groups is 1. The molecule has 6 heteroatoms. The molecule has 1 aromatic heterocycles. The molecule has 152 valence electrons. The van der Waals surface area contributed by atoms with Gasteiger partial charge in [-0.25, -0.2) is 5.43 Å². The monoisotopic (exact) mass is 399 g/mol. The van der Waals surface area contributed by atoms with E-state index in [2.05, 4.69) is 55.6 Å². The van der Waals surface area contributed by atoms with Crippen molar-refractivity contribution in [1.82, 2.24) is 15.3 Å². The number of hydrogen-bond acceptors (Lipinski definition) is 5. The second-order valence-corrected chi connectivity index (χ2v) is 7.25. The number of rotatable bonds is 6. The van der Waals surface area contributed by atoms with Gasteiger partial charge in [0.05, 0.1) is 11.9 Å². The van der Waals surface area contributed by atoms with Crippen LogP contribution in [0.2, 0.25) is 0 Å². The summed E-state index contributed by atoms with van der Waals surface area (Å²) in [6.07, 6.45) is 3.21. The van der Waals surface area contributed by atoms with Crippen LogP contribution in [0.25, 0.3) is 0 Å². The van der Waals surface area contributed by atoms with Gasteiger partial charge in [-0.3, -0.25) is 14.7 Å². The molecular weight excluding hydrogens is 374 g/mol. The van der Waals surface area contributed by atoms with E-state index < -0.39 is 0 Å². The summed E-state index contributed by atoms with van der Waals surface area (Å²) in [7, 11) is 0. The van der Waals surface area contributed by atoms with Gasteiger partial charge in [0.1, 0.15) is 0 Å². The summed E-state index contributed by atoms with van der Waals surface area (Å²) in [5, 5.41) is 3.97. The fraction of sp³-hybridized carbons (Fsp3) is 0.208. The Morgan fingerprint density at radius 2 is 1.67 bits per heavy atom. The smallest absolute Gasteiger partial charge is 0.271 e. The Balaban J connectivity index is 1.26. The number of pyridine rings is 1. The van der Waals surface area contributed by atoms with Crippen LogP contribution >= 0.6 is 0 Å². The lowest BCUT2D eigenvalue weighted by Crippen LogP contribution is -2.45. The molecule has 1 aliphatic rings. The average molecular weight is 399 g/mol. The minimum absolute atomic E-state index is 0.231. The molecular formula is C24H25N5O. The van der Waals surface area contributed by atoms with E-state index in [4.69, 9.17) is 0 Å². The van der Waals surface area contributed by atoms with Crippen molar-refractivity contribution in [3.05, 3.63) is 95.8 Å². The van der Waals surface area contributed by atoms with Gasteiger partial charge in [0.2, 0.25) is 0 Å². The van der Waals surface area contributed by atoms with Crippen LogP contribution in [0, 0.1) is 0 Å². The molecule has 0 saturated carbocycles. The average Bonchev–Trinajstić information content (AvgIpc) is 2.81. The van der Waals surface area contributed by atoms with E-state index in [-0.39, 0.29) is 5.91 Å². The number of nitrogens with one attached hydrogen (secondary N) is 1. The molecule has 0 radical (unpaired) electrons. The number of carbonyl (C=O) groups excluding carboxylic acids is 1. The Morgan fingerprint density at radius 1 is 0.933 bits per heavy atom. The summed E-state index contributed by atoms with van der Waals surface area (Å²) >= 11 is 0. The van der Waals surface area contributed by atoms with Crippen LogP contribution in [0.5, 0.6) is 0 Å². The minimum atomic E-state index is -0.231. The molecule has 1 aliphatic heterocycles. The number of piperazine rings is 1. The highest BCUT2D eigenvalue weighted by molar-refractivity contribution is 5.94. The van der Waals surface area contributed by atoms with Crippen LogP contribution in [0.3, 0.4) is 0 Å². The maximum absolute atomic E-state index is 12.2. The first-order valence-corrected chi connectivity index (χ1v) is 10.1. The van der Waals surface area contributed by atoms with Crippen LogP contribution in [-0.4, -0.2) is 48.2 Å². The second kappa shape index (κ2) is 9.80. The SMILES string of the molecule is O=C(N/N=C\c1ccccn1)c1ccc(CN2CCN(c3ccccc3)CC2)cc1. The number of aromatic nitrogens is 1. The molecule has 0 spiro atoms. The molecule has 0 bridgehead atoms. The maximum atomic E-state index is 12.2. The molecule has 0 unspecified atom stereocenters. The van der Waals surface area contributed by atoms with E-state index in [1.807, 2.05) is 42.5 Å². The molecule has 0 atom stereocenters. The molecule has 4 rings (SSSR count). The Labute approximate surface area is 176 Å². The number of benzene rings is 2. The van der Waals surface area contributed by atoms with Crippen molar-refractivity contribution >= 4 is 17.8 Å². The van der Waals surface area contributed by atoms with Crippen LogP contribution in [0.1, 0.15) is 21.6 Å². The lowest BCUT2D eigenvalue weighted by Gasteiger charge is -2.36. The van der Waals surface area contributed by atoms with Gasteiger partial charge in [-0.15, -0.1) is 0 Å². The van der Waals surface area contributed by atoms with Gasteiger partial charge >= 0.3 is 0 Å². The number of hydrazone groups is 1. The molecule has 2 heterocycles. The fourth-order valence-electron chi connectivity index (χ4n) is 3.50. The van der Waals surface area contributed by atoms with Gasteiger partial charge in [-0.05, 0) is 42.0 Å². The van der Waals surface area contributed by atoms with Crippen molar-refractivity contribution in [2.75, 3.05) is 31.1 Å². The Morgan fingerprint density at radius 3 is 2.37 bits per heavy atom. The summed E-state index contributed by atoms with van der Waals surface area (Å²) in [6, 6.07) is 23.8. The maximum Gasteiger partial charge on any atom is 0.271 e. The van der Waals surface area contributed by atoms with Crippen LogP contribution in [-0.2, 0) is 6.54 Å². The summed E-state index contributed by atoms with van der Waals surface area (Å²) in [5.74, 6) is -0.231. The van der Waals surface area contributed by atoms with Crippen LogP contribution < -0.4 is 10.3 Å². The van der Waals surface area contributed by atoms with E-state index in [9.17, 15) is 4.79 Å². The van der Waals surface area contributed by atoms with Crippen molar-refractivity contribution in [1.29, 1.82) is 0 Å². The third-order valence-corrected chi connectivity index (χ3v) is 5.17. The molecule has 3 aromatic rings. The quantitative estimate of drug-likeness (QED) is 0.511. The van der Waals surface area contributed by atoms with E-state index in [1.165, 1.54) is 17.5 Å². The van der Waals surface area contributed by atoms with E-state index in [0.29, 0.717) is 11.3 Å². The molecule has 1 saturated heterocycles. The summed E-state index contributed by atoms with van der Waals surface area (Å²) in [6.45, 7) is 5.00. The first-order chi connectivity index (χ1) is 14.8. The predicted octanol–water partition coefficient (Wildman–Crippen LogP) is 3.17. The van der Waals surface area contributed by atoms with Gasteiger partial charge in [-0.2, -0.15) is 5.10 Å². The topological polar surface area (TPSA) is 60.8 Å². The van der Waals surface area contributed by atoms with E-state index in [1.54, 1.807) is 6.20 Å². The highest BCUT2D eigenvalue weighted by Gasteiger charge is 2.17. The van der Waals surface area contributed by atoms with Crippen molar-refractivity contribution in [2.45, 2.75) is 6.54 Å². The van der Waals surface area contributed by atoms with Crippen molar-refractivity contribution < 1.29 is 4.79 Å². The predicted molar refractivity (Wildman–Crippen MR) is 120 cm³/mol. The molecule has 1 N–H and O–H groups in total. The number of para-hydroxylation sites is 1. The Kier molecular flexibility index (Phi) is 6.47. The van der Waals surface area contributed by atoms with Crippen LogP contribution in [0.15, 0.2) is 84.1 Å². The molecule has 1 fully saturated rings. The van der Waals surface area contributed by atoms with Crippen molar-refractivity contribution in [2.24, 2.45) is 5.10 Å². The van der Waals surface area contributed by atoms with Crippen molar-refractivity contribution in [3.63, 3.8) is 0 Å². The fourth-order valence-corrected chi connectivity index (χ4v) is 3.50. The Hall–Kier alpha value is -3.51. The molecule has 6 nitrogen and oxygen atoms in total. The number of amides is 1. The van der Waals surface area contributed by atoms with E-state index in [0.717, 1.165) is 32.7 Å². The summed E-state index contributed by atoms with van der Waals surface area (Å²) in [5.41, 5.74) is 6.32. The van der Waals surface area contributed by atoms with Gasteiger partial charge in [0.15, 0.2) is 0 Å². The lowest BCUT2D eigenvalue weighted by atomic mass is 10.1. The molecule has 0 aliphatic carbocycles. The third-order valence-electron chi connectivity index (χ3n) is 5.17. The first kappa shape index (κ1) is 19.8. The zero-order valence-electron chi connectivity index (χ0n) is 16.8.